The molecule has 0 heterocycles. The second kappa shape index (κ2) is 7.77. The van der Waals surface area contributed by atoms with E-state index >= 15 is 0 Å². The highest BCUT2D eigenvalue weighted by Crippen LogP contribution is 1.74. The molecule has 0 aliphatic rings. The Morgan fingerprint density at radius 2 is 2.11 bits per heavy atom. The van der Waals surface area contributed by atoms with E-state index < -0.39 is 6.23 Å². The molecule has 0 radical (unpaired) electrons. The van der Waals surface area contributed by atoms with Crippen LogP contribution in [0.4, 0.5) is 4.70 Å². The summed E-state index contributed by atoms with van der Waals surface area (Å²) in [5.41, 5.74) is 4.88. The maximum Gasteiger partial charge on any atom is 0.126 e. The Morgan fingerprint density at radius 3 is 2.44 bits per heavy atom. The van der Waals surface area contributed by atoms with Crippen LogP contribution in [0.2, 0.25) is 0 Å². The van der Waals surface area contributed by atoms with Crippen molar-refractivity contribution in [3.8, 4) is 0 Å². The van der Waals surface area contributed by atoms with Crippen LogP contribution in [0.1, 0.15) is 0 Å². The molecule has 0 rings (SSSR count). The van der Waals surface area contributed by atoms with Crippen molar-refractivity contribution in [1.29, 1.82) is 0 Å². The van der Waals surface area contributed by atoms with Gasteiger partial charge in [-0.2, -0.15) is 0 Å². The van der Waals surface area contributed by atoms with Gasteiger partial charge in [-0.25, -0.2) is 0 Å². The Bertz CT molecular complexity index is 53.1. The van der Waals surface area contributed by atoms with Crippen LogP contribution in [-0.2, 0) is 4.74 Å². The van der Waals surface area contributed by atoms with Gasteiger partial charge in [0.2, 0.25) is 0 Å². The monoisotopic (exact) mass is 141 g/mol. The summed E-state index contributed by atoms with van der Waals surface area (Å²) in [6, 6.07) is 0. The quantitative estimate of drug-likeness (QED) is 0.326. The normalized spacial score (nSPS) is 12.3. The average Bonchev–Trinajstić information content (AvgIpc) is 1.66. The van der Waals surface area contributed by atoms with Crippen LogP contribution in [-0.4, -0.2) is 36.3 Å². The van der Waals surface area contributed by atoms with Gasteiger partial charge in [0.25, 0.3) is 0 Å². The van der Waals surface area contributed by atoms with E-state index in [1.807, 2.05) is 0 Å². The van der Waals surface area contributed by atoms with Crippen LogP contribution in [0.5, 0.6) is 0 Å². The largest absolute Gasteiger partial charge is 0.394 e. The fourth-order valence-corrected chi connectivity index (χ4v) is 0.269. The van der Waals surface area contributed by atoms with E-state index in [1.54, 1.807) is 0 Å². The summed E-state index contributed by atoms with van der Waals surface area (Å²) in [5.74, 6) is 0. The summed E-state index contributed by atoms with van der Waals surface area (Å²) >= 11 is 0. The van der Waals surface area contributed by atoms with Crippen molar-refractivity contribution in [2.75, 3.05) is 19.8 Å². The van der Waals surface area contributed by atoms with E-state index in [0.717, 1.165) is 0 Å². The van der Waals surface area contributed by atoms with E-state index in [4.69, 9.17) is 15.9 Å². The number of hydrogen-bond acceptors (Lipinski definition) is 4. The Balaban J connectivity index is 0. The first kappa shape index (κ1) is 11.6. The Kier molecular flexibility index (Phi) is 9.97. The topological polar surface area (TPSA) is 75.7 Å². The molecule has 0 amide bonds. The first-order chi connectivity index (χ1) is 3.77. The van der Waals surface area contributed by atoms with Crippen molar-refractivity contribution in [1.82, 2.24) is 0 Å². The van der Waals surface area contributed by atoms with Gasteiger partial charge in [-0.1, -0.05) is 0 Å². The van der Waals surface area contributed by atoms with Crippen molar-refractivity contribution in [3.05, 3.63) is 0 Å². The third kappa shape index (κ3) is 11.4. The predicted molar refractivity (Wildman–Crippen MR) is 30.6 cm³/mol. The lowest BCUT2D eigenvalue weighted by molar-refractivity contribution is 0.0243. The summed E-state index contributed by atoms with van der Waals surface area (Å²) < 4.78 is 4.62. The number of halogens is 1. The molecule has 0 aromatic rings. The van der Waals surface area contributed by atoms with Crippen molar-refractivity contribution in [3.63, 3.8) is 0 Å². The number of aliphatic hydroxyl groups excluding tert-OH is 2. The second-order valence-electron chi connectivity index (χ2n) is 1.37. The number of ether oxygens (including phenoxy) is 1. The second-order valence-corrected chi connectivity index (χ2v) is 1.37. The molecule has 1 unspecified atom stereocenters. The molecule has 0 saturated heterocycles. The lowest BCUT2D eigenvalue weighted by Gasteiger charge is -2.02. The molecule has 4 nitrogen and oxygen atoms in total. The first-order valence-electron chi connectivity index (χ1n) is 2.39. The van der Waals surface area contributed by atoms with E-state index in [0.29, 0.717) is 0 Å². The van der Waals surface area contributed by atoms with Crippen LogP contribution in [0.25, 0.3) is 0 Å². The molecule has 4 N–H and O–H groups in total. The lowest BCUT2D eigenvalue weighted by Crippen LogP contribution is -2.25. The average molecular weight is 141 g/mol. The van der Waals surface area contributed by atoms with Crippen molar-refractivity contribution in [2.24, 2.45) is 5.73 Å². The zero-order valence-electron chi connectivity index (χ0n) is 4.99. The smallest absolute Gasteiger partial charge is 0.126 e. The van der Waals surface area contributed by atoms with E-state index in [2.05, 4.69) is 4.74 Å². The van der Waals surface area contributed by atoms with Gasteiger partial charge in [0.15, 0.2) is 0 Å². The van der Waals surface area contributed by atoms with Crippen molar-refractivity contribution >= 4 is 0 Å². The van der Waals surface area contributed by atoms with Gasteiger partial charge in [-0.15, -0.1) is 0 Å². The third-order valence-electron chi connectivity index (χ3n) is 0.524. The maximum absolute atomic E-state index is 8.35. The Labute approximate surface area is 52.6 Å². The van der Waals surface area contributed by atoms with Gasteiger partial charge in [0, 0.05) is 0 Å². The zero-order chi connectivity index (χ0) is 6.41. The van der Waals surface area contributed by atoms with E-state index in [9.17, 15) is 0 Å². The highest BCUT2D eigenvalue weighted by Gasteiger charge is 1.92. The number of aliphatic hydroxyl groups is 2. The Morgan fingerprint density at radius 1 is 1.56 bits per heavy atom. The minimum absolute atomic E-state index is 0. The van der Waals surface area contributed by atoms with Crippen LogP contribution in [0.15, 0.2) is 0 Å². The summed E-state index contributed by atoms with van der Waals surface area (Å²) in [5, 5.41) is 16.5. The highest BCUT2D eigenvalue weighted by molar-refractivity contribution is 4.37. The lowest BCUT2D eigenvalue weighted by atomic mass is 10.6. The third-order valence-corrected chi connectivity index (χ3v) is 0.524. The molecular weight excluding hydrogens is 129 g/mol. The molecule has 9 heavy (non-hydrogen) atoms. The summed E-state index contributed by atoms with van der Waals surface area (Å²) in [7, 11) is 0. The molecule has 0 aromatic heterocycles. The minimum atomic E-state index is -0.929. The highest BCUT2D eigenvalue weighted by atomic mass is 19.0. The van der Waals surface area contributed by atoms with Gasteiger partial charge < -0.3 is 20.7 Å². The van der Waals surface area contributed by atoms with E-state index in [-0.39, 0.29) is 24.5 Å². The molecular formula is C4H12FNO3. The molecule has 0 aromatic carbocycles. The fourth-order valence-electron chi connectivity index (χ4n) is 0.269. The molecule has 0 spiro atoms. The van der Waals surface area contributed by atoms with Gasteiger partial charge in [0.05, 0.1) is 19.8 Å². The van der Waals surface area contributed by atoms with Crippen molar-refractivity contribution < 1.29 is 19.7 Å². The molecule has 0 bridgehead atoms. The van der Waals surface area contributed by atoms with Crippen molar-refractivity contribution in [2.45, 2.75) is 6.23 Å². The van der Waals surface area contributed by atoms with Gasteiger partial charge in [-0.3, -0.25) is 4.70 Å². The van der Waals surface area contributed by atoms with Crippen LogP contribution in [0.3, 0.4) is 0 Å². The molecule has 0 fully saturated rings. The van der Waals surface area contributed by atoms with Gasteiger partial charge in [-0.05, 0) is 0 Å². The minimum Gasteiger partial charge on any atom is -0.394 e. The summed E-state index contributed by atoms with van der Waals surface area (Å²) in [6.07, 6.45) is -0.929. The van der Waals surface area contributed by atoms with Crippen LogP contribution >= 0.6 is 0 Å². The number of rotatable bonds is 4. The molecule has 58 valence electrons. The molecule has 0 aliphatic heterocycles. The fraction of sp³-hybridized carbons (Fsp3) is 1.00. The first-order valence-corrected chi connectivity index (χ1v) is 2.39. The zero-order valence-corrected chi connectivity index (χ0v) is 4.99. The molecule has 1 atom stereocenters. The standard InChI is InChI=1S/C4H11NO3.FH/c5-4(7)3-8-2-1-6;/h4,6-7H,1-3,5H2;1H. The maximum atomic E-state index is 8.35. The molecule has 5 heteroatoms. The van der Waals surface area contributed by atoms with Crippen LogP contribution < -0.4 is 5.73 Å². The number of hydrogen-bond donors (Lipinski definition) is 3. The number of nitrogens with two attached hydrogens (primary N) is 1. The predicted octanol–water partition coefficient (Wildman–Crippen LogP) is -1.58. The van der Waals surface area contributed by atoms with Gasteiger partial charge >= 0.3 is 0 Å². The summed E-state index contributed by atoms with van der Waals surface area (Å²) in [4.78, 5) is 0. The molecule has 0 aliphatic carbocycles. The summed E-state index contributed by atoms with van der Waals surface area (Å²) in [6.45, 7) is 0.279. The Hall–Kier alpha value is -0.230. The van der Waals surface area contributed by atoms with Crippen LogP contribution in [0, 0.1) is 0 Å². The van der Waals surface area contributed by atoms with Gasteiger partial charge in [0.1, 0.15) is 6.23 Å². The van der Waals surface area contributed by atoms with E-state index in [1.165, 1.54) is 0 Å². The SMILES string of the molecule is F.NC(O)COCCO. The molecule has 0 saturated carbocycles.